The Bertz CT molecular complexity index is 1500. The molecule has 0 aliphatic heterocycles. The molecule has 0 radical (unpaired) electrons. The van der Waals surface area contributed by atoms with Crippen LogP contribution in [0.2, 0.25) is 0 Å². The highest BCUT2D eigenvalue weighted by Gasteiger charge is 2.33. The summed E-state index contributed by atoms with van der Waals surface area (Å²) in [5, 5.41) is 45.7. The summed E-state index contributed by atoms with van der Waals surface area (Å²) in [5.41, 5.74) is 3.01. The molecule has 0 aliphatic rings. The number of carbonyl (C=O) groups excluding carboxylic acids is 3. The summed E-state index contributed by atoms with van der Waals surface area (Å²) in [6.07, 6.45) is 2.63. The van der Waals surface area contributed by atoms with Crippen LogP contribution < -0.4 is 0 Å². The molecule has 4 N–H and O–H groups in total. The van der Waals surface area contributed by atoms with E-state index >= 15 is 0 Å². The largest absolute Gasteiger partial charge is 0.464 e. The molecule has 0 bridgehead atoms. The summed E-state index contributed by atoms with van der Waals surface area (Å²) in [5.74, 6) is -0.688. The van der Waals surface area contributed by atoms with Gasteiger partial charge in [0, 0.05) is 18.5 Å². The summed E-state index contributed by atoms with van der Waals surface area (Å²) >= 11 is 0. The summed E-state index contributed by atoms with van der Waals surface area (Å²) in [6, 6.07) is 14.1. The molecule has 1 aromatic heterocycles. The van der Waals surface area contributed by atoms with Crippen molar-refractivity contribution in [2.75, 3.05) is 26.4 Å². The van der Waals surface area contributed by atoms with Crippen LogP contribution in [0.3, 0.4) is 0 Å². The number of esters is 1. The second-order valence-corrected chi connectivity index (χ2v) is 11.8. The zero-order valence-electron chi connectivity index (χ0n) is 29.0. The topological polar surface area (TPSA) is 222 Å². The van der Waals surface area contributed by atoms with Crippen molar-refractivity contribution in [3.63, 3.8) is 0 Å². The lowest BCUT2D eigenvalue weighted by atomic mass is 9.97. The number of hydrogen-bond acceptors (Lipinski definition) is 16. The third kappa shape index (κ3) is 13.7. The lowest BCUT2D eigenvalue weighted by Crippen LogP contribution is -2.48. The molecule has 2 aromatic carbocycles. The molecule has 0 unspecified atom stereocenters. The first kappa shape index (κ1) is 41.0. The number of nitrogens with zero attached hydrogens (tertiary/aromatic N) is 7. The fraction of sp³-hybridized carbons (Fsp3) is 0.515. The normalized spacial score (nSPS) is 12.0. The van der Waals surface area contributed by atoms with Gasteiger partial charge in [0.2, 0.25) is 11.7 Å². The number of hydrogen-bond donors (Lipinski definition) is 4. The SMILES string of the molecule is CCCCC(=O)N(Cc1ccc(-c2ccccc2-c2nnn(C(=O)OCCCCON(O)O)n2)cc1)[C@H](C(=O)OCCCCON(O)O)C(C)C. The van der Waals surface area contributed by atoms with E-state index in [9.17, 15) is 14.4 Å². The van der Waals surface area contributed by atoms with Crippen LogP contribution in [0.5, 0.6) is 0 Å². The van der Waals surface area contributed by atoms with Crippen molar-refractivity contribution >= 4 is 18.0 Å². The third-order valence-corrected chi connectivity index (χ3v) is 7.60. The Hall–Kier alpha value is -4.40. The van der Waals surface area contributed by atoms with Crippen molar-refractivity contribution in [3.05, 3.63) is 54.1 Å². The number of ether oxygens (including phenoxy) is 2. The van der Waals surface area contributed by atoms with E-state index in [-0.39, 0.29) is 61.4 Å². The molecule has 0 aliphatic carbocycles. The summed E-state index contributed by atoms with van der Waals surface area (Å²) in [7, 11) is 0. The highest BCUT2D eigenvalue weighted by atomic mass is 17.1. The molecule has 51 heavy (non-hydrogen) atoms. The molecule has 18 nitrogen and oxygen atoms in total. The van der Waals surface area contributed by atoms with Crippen molar-refractivity contribution in [3.8, 4) is 22.5 Å². The highest BCUT2D eigenvalue weighted by Crippen LogP contribution is 2.30. The van der Waals surface area contributed by atoms with Crippen molar-refractivity contribution in [1.82, 2.24) is 35.9 Å². The molecule has 280 valence electrons. The first-order chi connectivity index (χ1) is 24.5. The van der Waals surface area contributed by atoms with E-state index in [4.69, 9.17) is 30.3 Å². The van der Waals surface area contributed by atoms with Crippen LogP contribution in [0.4, 0.5) is 4.79 Å². The predicted molar refractivity (Wildman–Crippen MR) is 176 cm³/mol. The first-order valence-corrected chi connectivity index (χ1v) is 16.7. The first-order valence-electron chi connectivity index (χ1n) is 16.7. The number of tetrazole rings is 1. The highest BCUT2D eigenvalue weighted by molar-refractivity contribution is 5.85. The van der Waals surface area contributed by atoms with E-state index < -0.39 is 18.1 Å². The van der Waals surface area contributed by atoms with Crippen molar-refractivity contribution in [2.45, 2.75) is 78.3 Å². The second-order valence-electron chi connectivity index (χ2n) is 11.8. The molecule has 0 saturated carbocycles. The van der Waals surface area contributed by atoms with Gasteiger partial charge in [-0.05, 0) is 59.9 Å². The number of amides is 1. The standard InChI is InChI=1S/C33H47N7O11/c1-4-5-14-29(41)37(30(24(2)3)32(42)48-19-8-10-21-50-39(44)45)23-25-15-17-26(18-16-25)27-12-6-7-13-28(27)31-34-36-38(35-31)33(43)49-20-9-11-22-51-40(46)47/h6-7,12-13,15-18,24,30,44-47H,4-5,8-11,14,19-23H2,1-3H3/t30-/m0/s1. The van der Waals surface area contributed by atoms with E-state index in [1.54, 1.807) is 11.0 Å². The Morgan fingerprint density at radius 3 is 1.96 bits per heavy atom. The minimum Gasteiger partial charge on any atom is -0.464 e. The number of carbonyl (C=O) groups is 3. The Morgan fingerprint density at radius 2 is 1.37 bits per heavy atom. The van der Waals surface area contributed by atoms with E-state index in [0.29, 0.717) is 44.1 Å². The zero-order valence-corrected chi connectivity index (χ0v) is 29.0. The zero-order chi connectivity index (χ0) is 37.2. The average Bonchev–Trinajstić information content (AvgIpc) is 3.60. The quantitative estimate of drug-likeness (QED) is 0.0630. The Kier molecular flexibility index (Phi) is 17.5. The van der Waals surface area contributed by atoms with E-state index in [1.807, 2.05) is 63.2 Å². The van der Waals surface area contributed by atoms with Crippen LogP contribution in [0.1, 0.15) is 71.3 Å². The Balaban J connectivity index is 1.72. The van der Waals surface area contributed by atoms with Gasteiger partial charge in [-0.25, -0.2) is 9.59 Å². The maximum Gasteiger partial charge on any atom is 0.453 e. The van der Waals surface area contributed by atoms with Crippen LogP contribution in [0.25, 0.3) is 22.5 Å². The van der Waals surface area contributed by atoms with Gasteiger partial charge in [-0.2, -0.15) is 0 Å². The average molecular weight is 718 g/mol. The van der Waals surface area contributed by atoms with E-state index in [1.165, 1.54) is 0 Å². The van der Waals surface area contributed by atoms with Gasteiger partial charge in [-0.3, -0.25) is 35.3 Å². The molecule has 1 heterocycles. The molecular weight excluding hydrogens is 670 g/mol. The summed E-state index contributed by atoms with van der Waals surface area (Å²) in [6.45, 7) is 6.08. The number of rotatable bonds is 22. The van der Waals surface area contributed by atoms with Gasteiger partial charge in [-0.1, -0.05) is 80.5 Å². The van der Waals surface area contributed by atoms with Crippen LogP contribution in [-0.4, -0.2) is 107 Å². The Morgan fingerprint density at radius 1 is 0.784 bits per heavy atom. The molecular formula is C33H47N7O11. The molecule has 1 amide bonds. The molecule has 0 saturated heterocycles. The Labute approximate surface area is 295 Å². The van der Waals surface area contributed by atoms with Gasteiger partial charge >= 0.3 is 12.1 Å². The van der Waals surface area contributed by atoms with Gasteiger partial charge in [0.1, 0.15) is 6.04 Å². The van der Waals surface area contributed by atoms with E-state index in [2.05, 4.69) is 25.1 Å². The van der Waals surface area contributed by atoms with Gasteiger partial charge in [0.05, 0.1) is 37.2 Å². The fourth-order valence-corrected chi connectivity index (χ4v) is 5.06. The fourth-order valence-electron chi connectivity index (χ4n) is 5.06. The van der Waals surface area contributed by atoms with Gasteiger partial charge < -0.3 is 14.4 Å². The van der Waals surface area contributed by atoms with Crippen molar-refractivity contribution in [2.24, 2.45) is 5.92 Å². The molecule has 18 heteroatoms. The minimum absolute atomic E-state index is 0.0219. The van der Waals surface area contributed by atoms with Crippen LogP contribution >= 0.6 is 0 Å². The van der Waals surface area contributed by atoms with Crippen molar-refractivity contribution < 1.29 is 54.4 Å². The molecule has 3 aromatic rings. The maximum absolute atomic E-state index is 13.5. The van der Waals surface area contributed by atoms with Crippen LogP contribution in [0.15, 0.2) is 48.5 Å². The van der Waals surface area contributed by atoms with Gasteiger partial charge in [0.25, 0.3) is 0 Å². The monoisotopic (exact) mass is 717 g/mol. The smallest absolute Gasteiger partial charge is 0.453 e. The van der Waals surface area contributed by atoms with Gasteiger partial charge in [0.15, 0.2) is 0 Å². The lowest BCUT2D eigenvalue weighted by Gasteiger charge is -2.33. The number of unbranched alkanes of at least 4 members (excludes halogenated alkanes) is 3. The predicted octanol–water partition coefficient (Wildman–Crippen LogP) is 4.66. The number of aromatic nitrogens is 4. The number of benzene rings is 2. The summed E-state index contributed by atoms with van der Waals surface area (Å²) in [4.78, 5) is 50.5. The lowest BCUT2D eigenvalue weighted by molar-refractivity contribution is -0.492. The van der Waals surface area contributed by atoms with E-state index in [0.717, 1.165) is 27.9 Å². The second kappa shape index (κ2) is 21.7. The van der Waals surface area contributed by atoms with Crippen LogP contribution in [0, 0.1) is 5.92 Å². The van der Waals surface area contributed by atoms with Crippen molar-refractivity contribution in [1.29, 1.82) is 0 Å². The molecule has 3 rings (SSSR count). The molecule has 0 fully saturated rings. The molecule has 0 spiro atoms. The molecule has 1 atom stereocenters. The summed E-state index contributed by atoms with van der Waals surface area (Å²) < 4.78 is 10.7. The maximum atomic E-state index is 13.5. The minimum atomic E-state index is -0.823. The third-order valence-electron chi connectivity index (χ3n) is 7.60. The van der Waals surface area contributed by atoms with Crippen LogP contribution in [-0.2, 0) is 35.3 Å². The van der Waals surface area contributed by atoms with Gasteiger partial charge in [-0.15, -0.1) is 10.2 Å².